The third kappa shape index (κ3) is 2.72. The molecule has 0 aliphatic rings. The van der Waals surface area contributed by atoms with Crippen LogP contribution < -0.4 is 0 Å². The van der Waals surface area contributed by atoms with E-state index in [-0.39, 0.29) is 0 Å². The van der Waals surface area contributed by atoms with Gasteiger partial charge >= 0.3 is 0 Å². The van der Waals surface area contributed by atoms with Crippen LogP contribution in [0, 0.1) is 62.3 Å². The summed E-state index contributed by atoms with van der Waals surface area (Å²) in [4.78, 5) is 2.87. The lowest BCUT2D eigenvalue weighted by atomic mass is 9.95. The lowest BCUT2D eigenvalue weighted by Gasteiger charge is -2.21. The summed E-state index contributed by atoms with van der Waals surface area (Å²) in [5.74, 6) is 0. The molecule has 0 atom stereocenters. The quantitative estimate of drug-likeness (QED) is 0.601. The Morgan fingerprint density at radius 1 is 0.455 bits per heavy atom. The van der Waals surface area contributed by atoms with Gasteiger partial charge in [-0.3, -0.25) is 0 Å². The summed E-state index contributed by atoms with van der Waals surface area (Å²) < 4.78 is 0. The van der Waals surface area contributed by atoms with Gasteiger partial charge in [0.25, 0.3) is 0 Å². The molecule has 1 heteroatoms. The van der Waals surface area contributed by atoms with E-state index in [1.54, 1.807) is 0 Å². The van der Waals surface area contributed by atoms with E-state index in [4.69, 9.17) is 0 Å². The molecular formula is C21H28S. The van der Waals surface area contributed by atoms with E-state index in [1.165, 1.54) is 59.9 Å². The second-order valence-corrected chi connectivity index (χ2v) is 7.67. The fraction of sp³-hybridized carbons (Fsp3) is 0.429. The smallest absolute Gasteiger partial charge is 0.0186 e. The van der Waals surface area contributed by atoms with Crippen molar-refractivity contribution in [3.8, 4) is 0 Å². The molecule has 0 aliphatic heterocycles. The van der Waals surface area contributed by atoms with Crippen molar-refractivity contribution in [2.24, 2.45) is 0 Å². The molecule has 0 N–H and O–H groups in total. The lowest BCUT2D eigenvalue weighted by Crippen LogP contribution is -2.00. The molecule has 0 heterocycles. The second kappa shape index (κ2) is 6.12. The Bertz CT molecular complexity index is 722. The van der Waals surface area contributed by atoms with E-state index in [9.17, 15) is 0 Å². The summed E-state index contributed by atoms with van der Waals surface area (Å²) >= 11 is 1.95. The van der Waals surface area contributed by atoms with Crippen LogP contribution in [0.3, 0.4) is 0 Å². The van der Waals surface area contributed by atoms with Crippen LogP contribution in [0.1, 0.15) is 50.1 Å². The summed E-state index contributed by atoms with van der Waals surface area (Å²) in [5.41, 5.74) is 12.8. The van der Waals surface area contributed by atoms with E-state index in [1.807, 2.05) is 11.8 Å². The molecule has 0 fully saturated rings. The van der Waals surface area contributed by atoms with Gasteiger partial charge in [0.2, 0.25) is 0 Å². The molecule has 22 heavy (non-hydrogen) atoms. The Hall–Kier alpha value is -1.21. The summed E-state index contributed by atoms with van der Waals surface area (Å²) in [5, 5.41) is 0. The van der Waals surface area contributed by atoms with Crippen molar-refractivity contribution in [1.82, 2.24) is 0 Å². The maximum Gasteiger partial charge on any atom is 0.0186 e. The topological polar surface area (TPSA) is 0 Å². The molecule has 2 aromatic carbocycles. The molecule has 0 radical (unpaired) electrons. The van der Waals surface area contributed by atoms with E-state index >= 15 is 0 Å². The fourth-order valence-corrected chi connectivity index (χ4v) is 4.48. The van der Waals surface area contributed by atoms with Gasteiger partial charge in [0, 0.05) is 9.79 Å². The van der Waals surface area contributed by atoms with E-state index in [2.05, 4.69) is 68.4 Å². The van der Waals surface area contributed by atoms with Gasteiger partial charge in [0.15, 0.2) is 0 Å². The highest BCUT2D eigenvalue weighted by atomic mass is 32.2. The van der Waals surface area contributed by atoms with Crippen LogP contribution in [0.4, 0.5) is 0 Å². The van der Waals surface area contributed by atoms with Gasteiger partial charge < -0.3 is 0 Å². The molecule has 0 amide bonds. The van der Waals surface area contributed by atoms with Crippen LogP contribution in [-0.2, 0) is 0 Å². The largest absolute Gasteiger partial charge is 0.0890 e. The summed E-state index contributed by atoms with van der Waals surface area (Å²) in [6, 6.07) is 2.32. The van der Waals surface area contributed by atoms with Crippen molar-refractivity contribution in [1.29, 1.82) is 0 Å². The highest BCUT2D eigenvalue weighted by molar-refractivity contribution is 7.99. The summed E-state index contributed by atoms with van der Waals surface area (Å²) in [6.45, 7) is 20.2. The van der Waals surface area contributed by atoms with Crippen LogP contribution in [0.15, 0.2) is 15.9 Å². The van der Waals surface area contributed by atoms with Crippen molar-refractivity contribution in [3.63, 3.8) is 0 Å². The monoisotopic (exact) mass is 312 g/mol. The number of benzene rings is 2. The molecule has 0 aromatic heterocycles. The number of rotatable bonds is 2. The maximum absolute atomic E-state index is 2.32. The summed E-state index contributed by atoms with van der Waals surface area (Å²) in [7, 11) is 0. The van der Waals surface area contributed by atoms with Gasteiger partial charge in [0.1, 0.15) is 0 Å². The zero-order valence-electron chi connectivity index (χ0n) is 15.5. The first-order valence-electron chi connectivity index (χ1n) is 7.99. The summed E-state index contributed by atoms with van der Waals surface area (Å²) in [6.07, 6.45) is 0. The SMILES string of the molecule is Cc1cc(C)c(Sc2c(C)c(C)c(C)c(C)c2C)c(C)c1C. The third-order valence-corrected chi connectivity index (χ3v) is 7.07. The minimum absolute atomic E-state index is 1.39. The average Bonchev–Trinajstić information content (AvgIpc) is 2.48. The minimum Gasteiger partial charge on any atom is -0.0890 e. The molecular weight excluding hydrogens is 284 g/mol. The predicted octanol–water partition coefficient (Wildman–Crippen LogP) is 6.61. The Balaban J connectivity index is 2.66. The molecule has 2 aromatic rings. The Labute approximate surface area is 140 Å². The Kier molecular flexibility index (Phi) is 4.77. The molecule has 0 saturated carbocycles. The lowest BCUT2D eigenvalue weighted by molar-refractivity contribution is 1.08. The zero-order chi connectivity index (χ0) is 16.8. The van der Waals surface area contributed by atoms with Crippen LogP contribution in [-0.4, -0.2) is 0 Å². The van der Waals surface area contributed by atoms with Crippen LogP contribution >= 0.6 is 11.8 Å². The number of hydrogen-bond acceptors (Lipinski definition) is 1. The van der Waals surface area contributed by atoms with E-state index in [0.29, 0.717) is 0 Å². The highest BCUT2D eigenvalue weighted by Crippen LogP contribution is 2.41. The molecule has 0 unspecified atom stereocenters. The number of hydrogen-bond donors (Lipinski definition) is 0. The Morgan fingerprint density at radius 3 is 1.36 bits per heavy atom. The van der Waals surface area contributed by atoms with Crippen molar-refractivity contribution < 1.29 is 0 Å². The fourth-order valence-electron chi connectivity index (χ4n) is 3.14. The van der Waals surface area contributed by atoms with Crippen molar-refractivity contribution in [2.45, 2.75) is 72.1 Å². The maximum atomic E-state index is 2.32. The molecule has 0 spiro atoms. The van der Waals surface area contributed by atoms with Gasteiger partial charge in [-0.15, -0.1) is 0 Å². The first-order valence-corrected chi connectivity index (χ1v) is 8.80. The highest BCUT2D eigenvalue weighted by Gasteiger charge is 2.16. The second-order valence-electron chi connectivity index (χ2n) is 6.65. The average molecular weight is 313 g/mol. The number of aryl methyl sites for hydroxylation is 2. The van der Waals surface area contributed by atoms with Crippen LogP contribution in [0.2, 0.25) is 0 Å². The van der Waals surface area contributed by atoms with E-state index in [0.717, 1.165) is 0 Å². The first-order chi connectivity index (χ1) is 10.2. The van der Waals surface area contributed by atoms with Gasteiger partial charge in [-0.25, -0.2) is 0 Å². The molecule has 0 nitrogen and oxygen atoms in total. The van der Waals surface area contributed by atoms with Gasteiger partial charge in [-0.2, -0.15) is 0 Å². The molecule has 0 bridgehead atoms. The van der Waals surface area contributed by atoms with Gasteiger partial charge in [0.05, 0.1) is 0 Å². The Morgan fingerprint density at radius 2 is 0.864 bits per heavy atom. The molecule has 2 rings (SSSR count). The van der Waals surface area contributed by atoms with Crippen molar-refractivity contribution in [3.05, 3.63) is 56.1 Å². The minimum atomic E-state index is 1.39. The van der Waals surface area contributed by atoms with Gasteiger partial charge in [-0.05, 0) is 112 Å². The first kappa shape index (κ1) is 17.1. The van der Waals surface area contributed by atoms with E-state index < -0.39 is 0 Å². The van der Waals surface area contributed by atoms with Crippen LogP contribution in [0.5, 0.6) is 0 Å². The zero-order valence-corrected chi connectivity index (χ0v) is 16.3. The normalized spacial score (nSPS) is 11.1. The molecule has 0 aliphatic carbocycles. The molecule has 0 saturated heterocycles. The third-order valence-electron chi connectivity index (χ3n) is 5.42. The van der Waals surface area contributed by atoms with Crippen molar-refractivity contribution in [2.75, 3.05) is 0 Å². The van der Waals surface area contributed by atoms with Gasteiger partial charge in [-0.1, -0.05) is 17.8 Å². The molecule has 118 valence electrons. The van der Waals surface area contributed by atoms with Crippen LogP contribution in [0.25, 0.3) is 0 Å². The predicted molar refractivity (Wildman–Crippen MR) is 99.6 cm³/mol. The standard InChI is InChI=1S/C21H28S/c1-11-10-12(2)20(17(7)13(11)3)22-21-18(8)15(5)14(4)16(6)19(21)9/h10H,1-9H3. The van der Waals surface area contributed by atoms with Crippen molar-refractivity contribution >= 4 is 11.8 Å².